The number of H-pyrrole nitrogens is 1. The molecule has 1 N–H and O–H groups in total. The van der Waals surface area contributed by atoms with Crippen molar-refractivity contribution in [3.63, 3.8) is 0 Å². The van der Waals surface area contributed by atoms with Gasteiger partial charge in [-0.1, -0.05) is 0 Å². The molecule has 17 heavy (non-hydrogen) atoms. The number of hydrogen-bond donors (Lipinski definition) is 1. The lowest BCUT2D eigenvalue weighted by atomic mass is 9.91. The zero-order valence-electron chi connectivity index (χ0n) is 8.87. The zero-order valence-corrected chi connectivity index (χ0v) is 11.3. The van der Waals surface area contributed by atoms with E-state index in [4.69, 9.17) is 0 Å². The van der Waals surface area contributed by atoms with E-state index in [2.05, 4.69) is 20.9 Å². The molecule has 0 atom stereocenters. The van der Waals surface area contributed by atoms with Crippen LogP contribution in [0.25, 0.3) is 0 Å². The second-order valence-corrected chi connectivity index (χ2v) is 7.40. The van der Waals surface area contributed by atoms with E-state index in [-0.39, 0.29) is 29.9 Å². The van der Waals surface area contributed by atoms with E-state index in [0.717, 1.165) is 0 Å². The van der Waals surface area contributed by atoms with Gasteiger partial charge >= 0.3 is 0 Å². The number of aromatic nitrogens is 1. The average molecular weight is 324 g/mol. The van der Waals surface area contributed by atoms with Crippen molar-refractivity contribution in [1.82, 2.24) is 4.98 Å². The van der Waals surface area contributed by atoms with Crippen molar-refractivity contribution in [2.24, 2.45) is 0 Å². The maximum Gasteiger partial charge on any atom is 0.254 e. The van der Waals surface area contributed by atoms with Crippen molar-refractivity contribution >= 4 is 25.8 Å². The minimum absolute atomic E-state index is 0.00164. The van der Waals surface area contributed by atoms with Gasteiger partial charge in [0.2, 0.25) is 0 Å². The van der Waals surface area contributed by atoms with Crippen molar-refractivity contribution in [3.05, 3.63) is 32.7 Å². The van der Waals surface area contributed by atoms with E-state index >= 15 is 0 Å². The molecule has 4 nitrogen and oxygen atoms in total. The van der Waals surface area contributed by atoms with Gasteiger partial charge < -0.3 is 4.98 Å². The SMILES string of the molecule is O=c1[nH]cc(Br)cc1C1(F)CCS(=O)(=O)CC1. The second-order valence-electron chi connectivity index (χ2n) is 4.18. The maximum absolute atomic E-state index is 14.6. The van der Waals surface area contributed by atoms with Gasteiger partial charge in [0, 0.05) is 10.7 Å². The number of sulfone groups is 1. The van der Waals surface area contributed by atoms with E-state index in [9.17, 15) is 17.6 Å². The lowest BCUT2D eigenvalue weighted by Crippen LogP contribution is -2.37. The van der Waals surface area contributed by atoms with Crippen molar-refractivity contribution in [2.45, 2.75) is 18.5 Å². The van der Waals surface area contributed by atoms with Crippen molar-refractivity contribution in [2.75, 3.05) is 11.5 Å². The summed E-state index contributed by atoms with van der Waals surface area (Å²) >= 11 is 3.15. The van der Waals surface area contributed by atoms with Crippen LogP contribution in [0.2, 0.25) is 0 Å². The lowest BCUT2D eigenvalue weighted by molar-refractivity contribution is 0.146. The molecule has 0 radical (unpaired) electrons. The summed E-state index contributed by atoms with van der Waals surface area (Å²) in [6, 6.07) is 1.41. The van der Waals surface area contributed by atoms with Gasteiger partial charge in [0.1, 0.15) is 5.67 Å². The van der Waals surface area contributed by atoms with Gasteiger partial charge in [0.25, 0.3) is 5.56 Å². The van der Waals surface area contributed by atoms with Crippen molar-refractivity contribution in [1.29, 1.82) is 0 Å². The van der Waals surface area contributed by atoms with Crippen LogP contribution in [0.5, 0.6) is 0 Å². The van der Waals surface area contributed by atoms with Crippen LogP contribution in [0.4, 0.5) is 4.39 Å². The standard InChI is InChI=1S/C10H11BrFNO3S/c11-7-5-8(9(14)13-6-7)10(12)1-3-17(15,16)4-2-10/h5-6H,1-4H2,(H,13,14). The highest BCUT2D eigenvalue weighted by Crippen LogP contribution is 2.36. The first kappa shape index (κ1) is 12.8. The molecule has 0 unspecified atom stereocenters. The number of alkyl halides is 1. The van der Waals surface area contributed by atoms with Gasteiger partial charge in [0.15, 0.2) is 9.84 Å². The third-order valence-electron chi connectivity index (χ3n) is 2.97. The molecule has 1 aliphatic rings. The van der Waals surface area contributed by atoms with Gasteiger partial charge in [-0.25, -0.2) is 12.8 Å². The van der Waals surface area contributed by atoms with Crippen LogP contribution in [0.3, 0.4) is 0 Å². The molecule has 1 fully saturated rings. The summed E-state index contributed by atoms with van der Waals surface area (Å²) in [5.41, 5.74) is -2.35. The molecule has 0 bridgehead atoms. The Kier molecular flexibility index (Phi) is 3.15. The molecule has 0 aliphatic carbocycles. The molecule has 1 saturated heterocycles. The molecule has 1 aromatic rings. The molecule has 1 aromatic heterocycles. The molecule has 0 spiro atoms. The van der Waals surface area contributed by atoms with E-state index in [1.807, 2.05) is 0 Å². The molecular formula is C10H11BrFNO3S. The fraction of sp³-hybridized carbons (Fsp3) is 0.500. The van der Waals surface area contributed by atoms with Crippen LogP contribution < -0.4 is 5.56 Å². The number of hydrogen-bond acceptors (Lipinski definition) is 3. The number of pyridine rings is 1. The van der Waals surface area contributed by atoms with Crippen LogP contribution in [-0.2, 0) is 15.5 Å². The lowest BCUT2D eigenvalue weighted by Gasteiger charge is -2.28. The van der Waals surface area contributed by atoms with E-state index in [1.54, 1.807) is 0 Å². The summed E-state index contributed by atoms with van der Waals surface area (Å²) < 4.78 is 37.7. The zero-order chi connectivity index (χ0) is 12.7. The Labute approximate surface area is 106 Å². The molecule has 2 rings (SSSR count). The number of aromatic amines is 1. The van der Waals surface area contributed by atoms with Crippen LogP contribution in [-0.4, -0.2) is 24.9 Å². The predicted molar refractivity (Wildman–Crippen MR) is 65.4 cm³/mol. The number of halogens is 2. The van der Waals surface area contributed by atoms with Crippen molar-refractivity contribution in [3.8, 4) is 0 Å². The van der Waals surface area contributed by atoms with Gasteiger partial charge in [0.05, 0.1) is 17.1 Å². The third kappa shape index (κ3) is 2.60. The number of nitrogens with one attached hydrogen (secondary N) is 1. The highest BCUT2D eigenvalue weighted by Gasteiger charge is 2.40. The van der Waals surface area contributed by atoms with Gasteiger partial charge in [-0.2, -0.15) is 0 Å². The van der Waals surface area contributed by atoms with Crippen molar-refractivity contribution < 1.29 is 12.8 Å². The van der Waals surface area contributed by atoms with Gasteiger partial charge in [-0.05, 0) is 34.8 Å². The average Bonchev–Trinajstić information content (AvgIpc) is 2.26. The Morgan fingerprint density at radius 3 is 2.53 bits per heavy atom. The summed E-state index contributed by atoms with van der Waals surface area (Å²) in [6.07, 6.45) is 1.11. The van der Waals surface area contributed by atoms with E-state index in [0.29, 0.717) is 4.47 Å². The molecular weight excluding hydrogens is 313 g/mol. The highest BCUT2D eigenvalue weighted by molar-refractivity contribution is 9.10. The minimum Gasteiger partial charge on any atom is -0.328 e. The molecule has 0 amide bonds. The summed E-state index contributed by atoms with van der Waals surface area (Å²) in [5, 5.41) is 0. The maximum atomic E-state index is 14.6. The molecule has 2 heterocycles. The van der Waals surface area contributed by atoms with E-state index in [1.165, 1.54) is 12.3 Å². The normalized spacial score (nSPS) is 22.2. The molecule has 0 saturated carbocycles. The Balaban J connectivity index is 2.40. The van der Waals surface area contributed by atoms with Crippen LogP contribution >= 0.6 is 15.9 Å². The molecule has 7 heteroatoms. The van der Waals surface area contributed by atoms with Gasteiger partial charge in [-0.3, -0.25) is 4.79 Å². The molecule has 0 aromatic carbocycles. The Hall–Kier alpha value is -0.690. The third-order valence-corrected chi connectivity index (χ3v) is 5.08. The fourth-order valence-corrected chi connectivity index (χ4v) is 3.74. The Morgan fingerprint density at radius 2 is 1.94 bits per heavy atom. The van der Waals surface area contributed by atoms with Crippen LogP contribution in [0, 0.1) is 0 Å². The molecule has 94 valence electrons. The topological polar surface area (TPSA) is 67.0 Å². The summed E-state index contributed by atoms with van der Waals surface area (Å²) in [7, 11) is -3.15. The van der Waals surface area contributed by atoms with Gasteiger partial charge in [-0.15, -0.1) is 0 Å². The largest absolute Gasteiger partial charge is 0.328 e. The Bertz CT molecular complexity index is 582. The second kappa shape index (κ2) is 4.20. The first-order valence-electron chi connectivity index (χ1n) is 5.10. The number of rotatable bonds is 1. The Morgan fingerprint density at radius 1 is 1.35 bits per heavy atom. The smallest absolute Gasteiger partial charge is 0.254 e. The highest BCUT2D eigenvalue weighted by atomic mass is 79.9. The minimum atomic E-state index is -3.15. The summed E-state index contributed by atoms with van der Waals surface area (Å²) in [5.74, 6) is -0.426. The predicted octanol–water partition coefficient (Wildman–Crippen LogP) is 1.51. The first-order valence-corrected chi connectivity index (χ1v) is 7.72. The summed E-state index contributed by atoms with van der Waals surface area (Å²) in [6.45, 7) is 0. The van der Waals surface area contributed by atoms with Crippen LogP contribution in [0.1, 0.15) is 18.4 Å². The quantitative estimate of drug-likeness (QED) is 0.851. The molecule has 1 aliphatic heterocycles. The monoisotopic (exact) mass is 323 g/mol. The van der Waals surface area contributed by atoms with E-state index < -0.39 is 21.1 Å². The van der Waals surface area contributed by atoms with Crippen LogP contribution in [0.15, 0.2) is 21.5 Å². The first-order chi connectivity index (χ1) is 7.82. The fourth-order valence-electron chi connectivity index (χ4n) is 1.92. The summed E-state index contributed by atoms with van der Waals surface area (Å²) in [4.78, 5) is 14.0.